The van der Waals surface area contributed by atoms with Crippen molar-refractivity contribution in [2.24, 2.45) is 11.5 Å². The van der Waals surface area contributed by atoms with Crippen LogP contribution in [0.5, 0.6) is 0 Å². The van der Waals surface area contributed by atoms with E-state index in [1.807, 2.05) is 37.4 Å². The third kappa shape index (κ3) is 9.96. The minimum absolute atomic E-state index is 0.167. The average Bonchev–Trinajstić information content (AvgIpc) is 2.29. The molecule has 1 unspecified atom stereocenters. The Kier molecular flexibility index (Phi) is 8.20. The molecule has 0 amide bonds. The number of rotatable bonds is 5. The summed E-state index contributed by atoms with van der Waals surface area (Å²) in [6, 6.07) is 9.95. The fraction of sp³-hybridized carbons (Fsp3) is 0.333. The molecule has 0 saturated heterocycles. The molecule has 18 heavy (non-hydrogen) atoms. The first-order chi connectivity index (χ1) is 8.39. The zero-order chi connectivity index (χ0) is 14.0. The summed E-state index contributed by atoms with van der Waals surface area (Å²) >= 11 is 0. The van der Waals surface area contributed by atoms with Gasteiger partial charge in [-0.1, -0.05) is 18.2 Å². The molecule has 0 bridgehead atoms. The number of benzene rings is 1. The molecule has 1 atom stereocenters. The van der Waals surface area contributed by atoms with Gasteiger partial charge in [0.25, 0.3) is 0 Å². The Balaban J connectivity index is 0.000000321. The highest BCUT2D eigenvalue weighted by molar-refractivity contribution is 7.80. The summed E-state index contributed by atoms with van der Waals surface area (Å²) < 4.78 is 31.3. The quantitative estimate of drug-likeness (QED) is 0.270. The van der Waals surface area contributed by atoms with E-state index in [1.165, 1.54) is 0 Å². The second-order valence-corrected chi connectivity index (χ2v) is 4.09. The Morgan fingerprint density at radius 1 is 1.39 bits per heavy atom. The molecule has 0 saturated carbocycles. The van der Waals surface area contributed by atoms with E-state index in [-0.39, 0.29) is 6.54 Å². The number of hydrazine groups is 1. The Labute approximate surface area is 106 Å². The van der Waals surface area contributed by atoms with E-state index < -0.39 is 16.6 Å². The van der Waals surface area contributed by atoms with Gasteiger partial charge in [0.2, 0.25) is 0 Å². The van der Waals surface area contributed by atoms with Crippen molar-refractivity contribution in [3.8, 4) is 0 Å². The van der Waals surface area contributed by atoms with Gasteiger partial charge in [-0.3, -0.25) is 4.55 Å². The van der Waals surface area contributed by atoms with Crippen molar-refractivity contribution in [1.29, 1.82) is 0 Å². The van der Waals surface area contributed by atoms with Crippen molar-refractivity contribution in [3.05, 3.63) is 30.3 Å². The number of para-hydroxylation sites is 1. The normalized spacial score (nSPS) is 12.2. The predicted molar refractivity (Wildman–Crippen MR) is 68.8 cm³/mol. The molecule has 1 rings (SSSR count). The van der Waals surface area contributed by atoms with Crippen LogP contribution in [0.2, 0.25) is 0 Å². The Morgan fingerprint density at radius 2 is 1.94 bits per heavy atom. The van der Waals surface area contributed by atoms with Gasteiger partial charge in [-0.15, -0.1) is 0 Å². The van der Waals surface area contributed by atoms with E-state index in [1.54, 1.807) is 0 Å². The highest BCUT2D eigenvalue weighted by atomic mass is 32.3. The second kappa shape index (κ2) is 8.80. The van der Waals surface area contributed by atoms with Crippen LogP contribution < -0.4 is 22.3 Å². The van der Waals surface area contributed by atoms with Crippen LogP contribution >= 0.6 is 0 Å². The molecule has 1 aromatic carbocycles. The van der Waals surface area contributed by atoms with Crippen molar-refractivity contribution < 1.29 is 17.2 Å². The third-order valence-corrected chi connectivity index (χ3v) is 2.01. The van der Waals surface area contributed by atoms with E-state index in [0.717, 1.165) is 5.69 Å². The number of hydrogen-bond acceptors (Lipinski definition) is 7. The molecule has 8 nitrogen and oxygen atoms in total. The molecular formula is C9H18N4O4S. The van der Waals surface area contributed by atoms with Crippen LogP contribution in [0.15, 0.2) is 30.3 Å². The van der Waals surface area contributed by atoms with Gasteiger partial charge in [0.05, 0.1) is 0 Å². The number of anilines is 1. The fourth-order valence-electron chi connectivity index (χ4n) is 0.861. The van der Waals surface area contributed by atoms with Gasteiger partial charge < -0.3 is 16.9 Å². The lowest BCUT2D eigenvalue weighted by Crippen LogP contribution is -2.34. The summed E-state index contributed by atoms with van der Waals surface area (Å²) in [7, 11) is -2.60. The zero-order valence-electron chi connectivity index (χ0n) is 9.91. The third-order valence-electron chi connectivity index (χ3n) is 1.52. The first-order valence-electron chi connectivity index (χ1n) is 4.98. The molecule has 0 aromatic heterocycles. The van der Waals surface area contributed by atoms with Crippen LogP contribution in [-0.2, 0) is 14.6 Å². The SMILES string of the molecule is CNNc1ccccc1.NCC(N)OS(=O)(=O)O. The lowest BCUT2D eigenvalue weighted by molar-refractivity contribution is 0.194. The lowest BCUT2D eigenvalue weighted by atomic mass is 10.3. The van der Waals surface area contributed by atoms with Gasteiger partial charge in [0.15, 0.2) is 0 Å². The Morgan fingerprint density at radius 3 is 2.28 bits per heavy atom. The van der Waals surface area contributed by atoms with Crippen molar-refractivity contribution in [3.63, 3.8) is 0 Å². The van der Waals surface area contributed by atoms with Crippen LogP contribution in [0, 0.1) is 0 Å². The van der Waals surface area contributed by atoms with Crippen molar-refractivity contribution in [2.45, 2.75) is 6.23 Å². The Bertz CT molecular complexity index is 412. The van der Waals surface area contributed by atoms with Gasteiger partial charge >= 0.3 is 10.4 Å². The topological polar surface area (TPSA) is 140 Å². The first kappa shape index (κ1) is 16.8. The first-order valence-corrected chi connectivity index (χ1v) is 6.34. The van der Waals surface area contributed by atoms with Crippen molar-refractivity contribution >= 4 is 16.1 Å². The monoisotopic (exact) mass is 278 g/mol. The highest BCUT2D eigenvalue weighted by Crippen LogP contribution is 2.01. The van der Waals surface area contributed by atoms with Crippen molar-refractivity contribution in [1.82, 2.24) is 5.43 Å². The molecule has 0 aliphatic heterocycles. The minimum Gasteiger partial charge on any atom is -0.327 e. The van der Waals surface area contributed by atoms with Gasteiger partial charge in [-0.25, -0.2) is 9.61 Å². The molecule has 7 N–H and O–H groups in total. The van der Waals surface area contributed by atoms with E-state index in [0.29, 0.717) is 0 Å². The van der Waals surface area contributed by atoms with Crippen LogP contribution in [0.3, 0.4) is 0 Å². The maximum atomic E-state index is 9.80. The lowest BCUT2D eigenvalue weighted by Gasteiger charge is -2.04. The van der Waals surface area contributed by atoms with Crippen LogP contribution in [0.1, 0.15) is 0 Å². The zero-order valence-corrected chi connectivity index (χ0v) is 10.7. The van der Waals surface area contributed by atoms with Gasteiger partial charge in [0, 0.05) is 19.3 Å². The smallest absolute Gasteiger partial charge is 0.327 e. The maximum absolute atomic E-state index is 9.80. The van der Waals surface area contributed by atoms with E-state index in [9.17, 15) is 8.42 Å². The molecule has 0 heterocycles. The fourth-order valence-corrected chi connectivity index (χ4v) is 1.25. The summed E-state index contributed by atoms with van der Waals surface area (Å²) in [4.78, 5) is 0. The summed E-state index contributed by atoms with van der Waals surface area (Å²) in [5.74, 6) is 0. The van der Waals surface area contributed by atoms with Crippen LogP contribution in [0.4, 0.5) is 5.69 Å². The number of nitrogens with one attached hydrogen (secondary N) is 2. The maximum Gasteiger partial charge on any atom is 0.398 e. The number of nitrogens with two attached hydrogens (primary N) is 2. The summed E-state index contributed by atoms with van der Waals surface area (Å²) in [5, 5.41) is 0. The highest BCUT2D eigenvalue weighted by Gasteiger charge is 2.09. The van der Waals surface area contributed by atoms with Gasteiger partial charge in [0.1, 0.15) is 6.23 Å². The molecule has 0 radical (unpaired) electrons. The van der Waals surface area contributed by atoms with Crippen LogP contribution in [0.25, 0.3) is 0 Å². The predicted octanol–water partition coefficient (Wildman–Crippen LogP) is -0.718. The molecule has 0 aliphatic rings. The summed E-state index contributed by atoms with van der Waals surface area (Å²) in [6.07, 6.45) is -1.17. The molecular weight excluding hydrogens is 260 g/mol. The van der Waals surface area contributed by atoms with Gasteiger partial charge in [-0.05, 0) is 12.1 Å². The number of hydrogen-bond donors (Lipinski definition) is 5. The molecule has 9 heteroatoms. The molecule has 0 aliphatic carbocycles. The standard InChI is InChI=1S/C7H10N2.C2H8N2O4S/c1-8-9-7-5-3-2-4-6-7;3-1-2(4)8-9(5,6)7/h2-6,8-9H,1H3;2H,1,3-4H2,(H,5,6,7). The largest absolute Gasteiger partial charge is 0.398 e. The van der Waals surface area contributed by atoms with Gasteiger partial charge in [-0.2, -0.15) is 8.42 Å². The molecule has 1 aromatic rings. The van der Waals surface area contributed by atoms with Crippen molar-refractivity contribution in [2.75, 3.05) is 19.0 Å². The second-order valence-electron chi connectivity index (χ2n) is 3.04. The van der Waals surface area contributed by atoms with E-state index in [4.69, 9.17) is 16.0 Å². The van der Waals surface area contributed by atoms with E-state index >= 15 is 0 Å². The van der Waals surface area contributed by atoms with Crippen LogP contribution in [-0.4, -0.2) is 32.8 Å². The summed E-state index contributed by atoms with van der Waals surface area (Å²) in [6.45, 7) is -0.167. The van der Waals surface area contributed by atoms with E-state index in [2.05, 4.69) is 15.0 Å². The Hall–Kier alpha value is -1.23. The molecule has 0 spiro atoms. The minimum atomic E-state index is -4.44. The molecule has 104 valence electrons. The summed E-state index contributed by atoms with van der Waals surface area (Å²) in [5.41, 5.74) is 16.6. The average molecular weight is 278 g/mol. The molecule has 0 fully saturated rings.